The molecule has 1 aliphatic carbocycles. The quantitative estimate of drug-likeness (QED) is 0.866. The summed E-state index contributed by atoms with van der Waals surface area (Å²) in [6.45, 7) is 4.00. The normalized spacial score (nSPS) is 30.6. The molecule has 2 saturated heterocycles. The number of hydrogen-bond acceptors (Lipinski definition) is 4. The zero-order valence-electron chi connectivity index (χ0n) is 14.7. The lowest BCUT2D eigenvalue weighted by atomic mass is 9.81. The molecule has 1 saturated carbocycles. The molecule has 1 aromatic rings. The zero-order valence-corrected chi connectivity index (χ0v) is 14.7. The summed E-state index contributed by atoms with van der Waals surface area (Å²) >= 11 is 0. The van der Waals surface area contributed by atoms with Crippen molar-refractivity contribution < 1.29 is 14.7 Å². The van der Waals surface area contributed by atoms with Crippen molar-refractivity contribution >= 4 is 11.9 Å². The standard InChI is InChI=1S/C18H26N4O3/c1-12-7-19-15(20-12)16(23)22-9-13-8-21(14-5-3-2-4-6-14)10-18(13,11-22)17(24)25/h7,13-14H,2-6,8-11H2,1H3,(H,19,20)(H,24,25)/t13-,18-/m1/s1. The van der Waals surface area contributed by atoms with E-state index in [4.69, 9.17) is 0 Å². The molecule has 0 aromatic carbocycles. The second kappa shape index (κ2) is 6.12. The number of imidazole rings is 1. The minimum Gasteiger partial charge on any atom is -0.481 e. The molecule has 0 bridgehead atoms. The fraction of sp³-hybridized carbons (Fsp3) is 0.722. The van der Waals surface area contributed by atoms with E-state index in [0.717, 1.165) is 12.2 Å². The molecule has 1 aromatic heterocycles. The number of nitrogens with one attached hydrogen (secondary N) is 1. The Morgan fingerprint density at radius 2 is 2.00 bits per heavy atom. The van der Waals surface area contributed by atoms with E-state index in [2.05, 4.69) is 14.9 Å². The average Bonchev–Trinajstić information content (AvgIpc) is 3.27. The minimum atomic E-state index is -0.825. The van der Waals surface area contributed by atoms with Crippen LogP contribution in [0.15, 0.2) is 6.20 Å². The highest BCUT2D eigenvalue weighted by molar-refractivity contribution is 5.92. The summed E-state index contributed by atoms with van der Waals surface area (Å²) in [7, 11) is 0. The second-order valence-corrected chi connectivity index (χ2v) is 7.98. The van der Waals surface area contributed by atoms with Crippen molar-refractivity contribution in [3.8, 4) is 0 Å². The third kappa shape index (κ3) is 2.74. The van der Waals surface area contributed by atoms with Gasteiger partial charge in [0.05, 0.1) is 0 Å². The van der Waals surface area contributed by atoms with Crippen LogP contribution in [0.1, 0.15) is 48.4 Å². The van der Waals surface area contributed by atoms with E-state index in [1.807, 2.05) is 6.92 Å². The van der Waals surface area contributed by atoms with E-state index in [-0.39, 0.29) is 18.4 Å². The number of amides is 1. The van der Waals surface area contributed by atoms with Gasteiger partial charge in [0.15, 0.2) is 5.82 Å². The Bertz CT molecular complexity index is 682. The van der Waals surface area contributed by atoms with Crippen molar-refractivity contribution in [2.75, 3.05) is 26.2 Å². The predicted molar refractivity (Wildman–Crippen MR) is 91.2 cm³/mol. The third-order valence-corrected chi connectivity index (χ3v) is 6.35. The van der Waals surface area contributed by atoms with Gasteiger partial charge in [-0.25, -0.2) is 4.98 Å². The summed E-state index contributed by atoms with van der Waals surface area (Å²) < 4.78 is 0. The molecule has 4 rings (SSSR count). The Labute approximate surface area is 147 Å². The van der Waals surface area contributed by atoms with E-state index >= 15 is 0 Å². The molecule has 1 amide bonds. The molecule has 0 spiro atoms. The molecule has 2 atom stereocenters. The van der Waals surface area contributed by atoms with E-state index < -0.39 is 11.4 Å². The van der Waals surface area contributed by atoms with Gasteiger partial charge >= 0.3 is 5.97 Å². The number of fused-ring (bicyclic) bond motifs is 1. The number of hydrogen-bond donors (Lipinski definition) is 2. The lowest BCUT2D eigenvalue weighted by Gasteiger charge is -2.33. The maximum atomic E-state index is 12.7. The van der Waals surface area contributed by atoms with Crippen molar-refractivity contribution in [1.82, 2.24) is 19.8 Å². The lowest BCUT2D eigenvalue weighted by molar-refractivity contribution is -0.148. The largest absolute Gasteiger partial charge is 0.481 e. The molecule has 2 N–H and O–H groups in total. The van der Waals surface area contributed by atoms with Gasteiger partial charge < -0.3 is 15.0 Å². The van der Waals surface area contributed by atoms with Crippen LogP contribution in [-0.4, -0.2) is 69.0 Å². The number of aliphatic carboxylic acids is 1. The Morgan fingerprint density at radius 1 is 1.24 bits per heavy atom. The van der Waals surface area contributed by atoms with Crippen LogP contribution in [0.2, 0.25) is 0 Å². The lowest BCUT2D eigenvalue weighted by Crippen LogP contribution is -2.44. The fourth-order valence-corrected chi connectivity index (χ4v) is 4.96. The number of aromatic amines is 1. The molecule has 0 radical (unpaired) electrons. The number of likely N-dealkylation sites (tertiary alicyclic amines) is 2. The topological polar surface area (TPSA) is 89.5 Å². The van der Waals surface area contributed by atoms with Gasteiger partial charge in [-0.15, -0.1) is 0 Å². The smallest absolute Gasteiger partial charge is 0.313 e. The molecule has 2 aliphatic heterocycles. The first-order chi connectivity index (χ1) is 12.0. The summed E-state index contributed by atoms with van der Waals surface area (Å²) in [6.07, 6.45) is 7.76. The van der Waals surface area contributed by atoms with Crippen LogP contribution in [0.5, 0.6) is 0 Å². The number of carboxylic acid groups (broad SMARTS) is 1. The number of aromatic nitrogens is 2. The van der Waals surface area contributed by atoms with Crippen LogP contribution in [0.3, 0.4) is 0 Å². The Hall–Kier alpha value is -1.89. The van der Waals surface area contributed by atoms with Gasteiger partial charge in [0.25, 0.3) is 5.91 Å². The molecule has 0 unspecified atom stereocenters. The summed E-state index contributed by atoms with van der Waals surface area (Å²) in [5.41, 5.74) is 0.00790. The van der Waals surface area contributed by atoms with Gasteiger partial charge in [-0.3, -0.25) is 14.5 Å². The van der Waals surface area contributed by atoms with Crippen LogP contribution in [0, 0.1) is 18.3 Å². The van der Waals surface area contributed by atoms with E-state index in [9.17, 15) is 14.7 Å². The number of carbonyl (C=O) groups excluding carboxylic acids is 1. The van der Waals surface area contributed by atoms with Crippen LogP contribution in [0.25, 0.3) is 0 Å². The molecular formula is C18H26N4O3. The van der Waals surface area contributed by atoms with E-state index in [1.165, 1.54) is 32.1 Å². The molecule has 136 valence electrons. The molecule has 7 heteroatoms. The zero-order chi connectivity index (χ0) is 17.6. The van der Waals surface area contributed by atoms with Crippen molar-refractivity contribution in [2.45, 2.75) is 45.1 Å². The first kappa shape index (κ1) is 16.6. The molecule has 3 heterocycles. The highest BCUT2D eigenvalue weighted by Crippen LogP contribution is 2.45. The van der Waals surface area contributed by atoms with Crippen molar-refractivity contribution in [3.63, 3.8) is 0 Å². The van der Waals surface area contributed by atoms with Gasteiger partial charge in [-0.1, -0.05) is 19.3 Å². The number of rotatable bonds is 3. The molecular weight excluding hydrogens is 320 g/mol. The number of aryl methyl sites for hydroxylation is 1. The van der Waals surface area contributed by atoms with Gasteiger partial charge in [0, 0.05) is 50.0 Å². The summed E-state index contributed by atoms with van der Waals surface area (Å²) in [6, 6.07) is 0.521. The van der Waals surface area contributed by atoms with Crippen LogP contribution in [-0.2, 0) is 4.79 Å². The summed E-state index contributed by atoms with van der Waals surface area (Å²) in [4.78, 5) is 35.9. The number of carbonyl (C=O) groups is 2. The molecule has 7 nitrogen and oxygen atoms in total. The maximum Gasteiger partial charge on any atom is 0.313 e. The molecule has 3 fully saturated rings. The van der Waals surface area contributed by atoms with E-state index in [0.29, 0.717) is 25.0 Å². The second-order valence-electron chi connectivity index (χ2n) is 7.98. The monoisotopic (exact) mass is 346 g/mol. The molecule has 3 aliphatic rings. The van der Waals surface area contributed by atoms with Gasteiger partial charge in [0.1, 0.15) is 5.41 Å². The van der Waals surface area contributed by atoms with Crippen LogP contribution < -0.4 is 0 Å². The number of nitrogens with zero attached hydrogens (tertiary/aromatic N) is 3. The number of carboxylic acids is 1. The minimum absolute atomic E-state index is 0.00642. The van der Waals surface area contributed by atoms with Crippen LogP contribution in [0.4, 0.5) is 0 Å². The first-order valence-electron chi connectivity index (χ1n) is 9.28. The fourth-order valence-electron chi connectivity index (χ4n) is 4.96. The van der Waals surface area contributed by atoms with Gasteiger partial charge in [0.2, 0.25) is 0 Å². The van der Waals surface area contributed by atoms with E-state index in [1.54, 1.807) is 11.1 Å². The summed E-state index contributed by atoms with van der Waals surface area (Å²) in [5.74, 6) is -0.636. The van der Waals surface area contributed by atoms with Crippen LogP contribution >= 0.6 is 0 Å². The van der Waals surface area contributed by atoms with Gasteiger partial charge in [-0.05, 0) is 19.8 Å². The predicted octanol–water partition coefficient (Wildman–Crippen LogP) is 1.51. The van der Waals surface area contributed by atoms with Crippen molar-refractivity contribution in [1.29, 1.82) is 0 Å². The molecule has 25 heavy (non-hydrogen) atoms. The van der Waals surface area contributed by atoms with Gasteiger partial charge in [-0.2, -0.15) is 0 Å². The van der Waals surface area contributed by atoms with Crippen molar-refractivity contribution in [2.24, 2.45) is 11.3 Å². The average molecular weight is 346 g/mol. The number of H-pyrrole nitrogens is 1. The third-order valence-electron chi connectivity index (χ3n) is 6.35. The highest BCUT2D eigenvalue weighted by Gasteiger charge is 2.59. The SMILES string of the molecule is Cc1cnc(C(=O)N2C[C@H]3CN(C4CCCCC4)C[C@@]3(C(=O)O)C2)[nH]1. The summed E-state index contributed by atoms with van der Waals surface area (Å²) in [5, 5.41) is 9.98. The Balaban J connectivity index is 1.51. The Morgan fingerprint density at radius 3 is 2.60 bits per heavy atom. The first-order valence-corrected chi connectivity index (χ1v) is 9.28. The maximum absolute atomic E-state index is 12.7. The Kier molecular flexibility index (Phi) is 4.06. The van der Waals surface area contributed by atoms with Crippen molar-refractivity contribution in [3.05, 3.63) is 17.7 Å². The highest BCUT2D eigenvalue weighted by atomic mass is 16.4.